The highest BCUT2D eigenvalue weighted by atomic mass is 19.2. The van der Waals surface area contributed by atoms with Crippen molar-refractivity contribution in [3.05, 3.63) is 130 Å². The molecule has 0 unspecified atom stereocenters. The molecule has 3 saturated heterocycles. The summed E-state index contributed by atoms with van der Waals surface area (Å²) in [6.45, 7) is 3.35. The molecule has 8 nitrogen and oxygen atoms in total. The van der Waals surface area contributed by atoms with Gasteiger partial charge in [0.1, 0.15) is 5.56 Å². The van der Waals surface area contributed by atoms with Gasteiger partial charge in [0.2, 0.25) is 5.82 Å². The molecule has 0 bridgehead atoms. The summed E-state index contributed by atoms with van der Waals surface area (Å²) in [6.07, 6.45) is 1.21. The lowest BCUT2D eigenvalue weighted by Crippen LogP contribution is -2.48. The number of piperidine rings is 1. The zero-order valence-corrected chi connectivity index (χ0v) is 28.1. The van der Waals surface area contributed by atoms with E-state index in [0.717, 1.165) is 53.7 Å². The highest BCUT2D eigenvalue weighted by molar-refractivity contribution is 5.94. The number of hydrogen-bond acceptors (Lipinski definition) is 7. The number of benzene rings is 4. The lowest BCUT2D eigenvalue weighted by molar-refractivity contribution is -0.255. The van der Waals surface area contributed by atoms with Gasteiger partial charge in [-0.05, 0) is 33.9 Å². The molecule has 2 N–H and O–H groups in total. The van der Waals surface area contributed by atoms with E-state index in [9.17, 15) is 31.9 Å². The number of ether oxygens (including phenoxy) is 4. The fourth-order valence-corrected chi connectivity index (χ4v) is 6.95. The third-order valence-corrected chi connectivity index (χ3v) is 9.84. The average Bonchev–Trinajstić information content (AvgIpc) is 3.64. The molecule has 7 rings (SSSR count). The molecule has 3 aliphatic rings. The second kappa shape index (κ2) is 15.4. The van der Waals surface area contributed by atoms with Gasteiger partial charge in [0, 0.05) is 51.0 Å². The van der Waals surface area contributed by atoms with Crippen LogP contribution < -0.4 is 5.32 Å². The van der Waals surface area contributed by atoms with Crippen molar-refractivity contribution in [2.75, 3.05) is 32.8 Å². The maximum Gasteiger partial charge on any atom is 0.257 e. The first-order valence-corrected chi connectivity index (χ1v) is 17.1. The van der Waals surface area contributed by atoms with Gasteiger partial charge in [0.15, 0.2) is 35.3 Å². The number of nitrogens with one attached hydrogen (secondary N) is 1. The third-order valence-electron chi connectivity index (χ3n) is 9.84. The van der Waals surface area contributed by atoms with Crippen LogP contribution in [0.3, 0.4) is 0 Å². The van der Waals surface area contributed by atoms with E-state index in [-0.39, 0.29) is 25.4 Å². The Hall–Kier alpha value is -4.24. The number of rotatable bonds is 9. The summed E-state index contributed by atoms with van der Waals surface area (Å²) in [6, 6.07) is 22.3. The van der Waals surface area contributed by atoms with Crippen molar-refractivity contribution in [2.24, 2.45) is 0 Å². The molecule has 3 heterocycles. The predicted molar refractivity (Wildman–Crippen MR) is 178 cm³/mol. The fraction of sp³-hybridized carbons (Fsp3) is 0.359. The molecular formula is C39H37F5N2O6. The molecule has 3 atom stereocenters. The largest absolute Gasteiger partial charge is 0.392 e. The quantitative estimate of drug-likeness (QED) is 0.111. The van der Waals surface area contributed by atoms with E-state index in [4.69, 9.17) is 18.9 Å². The molecule has 52 heavy (non-hydrogen) atoms. The average molecular weight is 725 g/mol. The van der Waals surface area contributed by atoms with E-state index in [1.807, 2.05) is 54.6 Å². The molecule has 13 heteroatoms. The van der Waals surface area contributed by atoms with Crippen LogP contribution in [0, 0.1) is 29.1 Å². The number of likely N-dealkylation sites (tertiary alicyclic amines) is 1. The summed E-state index contributed by atoms with van der Waals surface area (Å²) in [5.74, 6) is -13.0. The van der Waals surface area contributed by atoms with Gasteiger partial charge in [-0.15, -0.1) is 0 Å². The van der Waals surface area contributed by atoms with E-state index in [2.05, 4.69) is 10.2 Å². The van der Waals surface area contributed by atoms with Gasteiger partial charge < -0.3 is 34.3 Å². The second-order valence-electron chi connectivity index (χ2n) is 13.2. The standard InChI is InChI=1S/C39H37F5N2O6/c40-32-31(33(41)35(43)36(44)34(32)42)37(48)45-20-24-2-1-3-28(18-24)25-8-10-27(11-9-25)38-51-29(19-30(52-38)26-6-4-23(22-47)5-7-26)21-46-14-12-39(13-15-46)49-16-17-50-39/h1-11,18,29-30,38,47H,12-17,19-22H2,(H,45,48)/t29-,30+,38+/m1/s1. The fourth-order valence-electron chi connectivity index (χ4n) is 6.95. The summed E-state index contributed by atoms with van der Waals surface area (Å²) in [5, 5.41) is 11.8. The number of carbonyl (C=O) groups is 1. The normalized spacial score (nSPS) is 21.8. The molecule has 0 radical (unpaired) electrons. The van der Waals surface area contributed by atoms with Crippen molar-refractivity contribution in [1.82, 2.24) is 10.2 Å². The first-order chi connectivity index (χ1) is 25.1. The molecule has 1 spiro atoms. The van der Waals surface area contributed by atoms with E-state index in [0.29, 0.717) is 31.7 Å². The number of nitrogens with zero attached hydrogens (tertiary/aromatic N) is 1. The van der Waals surface area contributed by atoms with E-state index < -0.39 is 52.6 Å². The zero-order valence-electron chi connectivity index (χ0n) is 28.1. The van der Waals surface area contributed by atoms with Crippen LogP contribution in [0.5, 0.6) is 0 Å². The lowest BCUT2D eigenvalue weighted by Gasteiger charge is -2.41. The van der Waals surface area contributed by atoms with Crippen molar-refractivity contribution in [3.63, 3.8) is 0 Å². The molecule has 4 aromatic carbocycles. The van der Waals surface area contributed by atoms with Crippen LogP contribution in [-0.4, -0.2) is 60.7 Å². The number of carbonyl (C=O) groups excluding carboxylic acids is 1. The van der Waals surface area contributed by atoms with Gasteiger partial charge in [0.05, 0.1) is 32.0 Å². The smallest absolute Gasteiger partial charge is 0.257 e. The topological polar surface area (TPSA) is 89.5 Å². The minimum absolute atomic E-state index is 0.0493. The Morgan fingerprint density at radius 2 is 1.40 bits per heavy atom. The van der Waals surface area contributed by atoms with Gasteiger partial charge >= 0.3 is 0 Å². The first-order valence-electron chi connectivity index (χ1n) is 17.1. The molecule has 3 aliphatic heterocycles. The Labute approximate surface area is 297 Å². The van der Waals surface area contributed by atoms with Crippen LogP contribution in [0.25, 0.3) is 11.1 Å². The zero-order chi connectivity index (χ0) is 36.4. The Kier molecular flexibility index (Phi) is 10.7. The van der Waals surface area contributed by atoms with Gasteiger partial charge in [-0.2, -0.15) is 0 Å². The number of amides is 1. The summed E-state index contributed by atoms with van der Waals surface area (Å²) in [7, 11) is 0. The molecule has 274 valence electrons. The van der Waals surface area contributed by atoms with Crippen LogP contribution in [0.1, 0.15) is 64.3 Å². The minimum Gasteiger partial charge on any atom is -0.392 e. The van der Waals surface area contributed by atoms with Crippen LogP contribution in [0.2, 0.25) is 0 Å². The van der Waals surface area contributed by atoms with Crippen LogP contribution >= 0.6 is 0 Å². The highest BCUT2D eigenvalue weighted by Gasteiger charge is 2.41. The van der Waals surface area contributed by atoms with Gasteiger partial charge in [-0.25, -0.2) is 22.0 Å². The molecule has 0 aliphatic carbocycles. The summed E-state index contributed by atoms with van der Waals surface area (Å²) < 4.78 is 93.8. The number of halogens is 5. The Morgan fingerprint density at radius 3 is 2.06 bits per heavy atom. The van der Waals surface area contributed by atoms with Crippen LogP contribution in [-0.2, 0) is 32.1 Å². The minimum atomic E-state index is -2.33. The SMILES string of the molecule is O=C(NCc1cccc(-c2ccc([C@H]3O[C@@H](CN4CCC5(CC4)OCCO5)C[C@@H](c4ccc(CO)cc4)O3)cc2)c1)c1c(F)c(F)c(F)c(F)c1F. The van der Waals surface area contributed by atoms with Crippen molar-refractivity contribution in [3.8, 4) is 11.1 Å². The maximum absolute atomic E-state index is 14.1. The van der Waals surface area contributed by atoms with Crippen molar-refractivity contribution in [1.29, 1.82) is 0 Å². The monoisotopic (exact) mass is 724 g/mol. The van der Waals surface area contributed by atoms with Gasteiger partial charge in [0.25, 0.3) is 5.91 Å². The van der Waals surface area contributed by atoms with Crippen LogP contribution in [0.4, 0.5) is 22.0 Å². The lowest BCUT2D eigenvalue weighted by atomic mass is 9.98. The van der Waals surface area contributed by atoms with E-state index >= 15 is 0 Å². The predicted octanol–water partition coefficient (Wildman–Crippen LogP) is 6.86. The molecule has 1 amide bonds. The number of hydrogen-bond donors (Lipinski definition) is 2. The van der Waals surface area contributed by atoms with Gasteiger partial charge in [-0.1, -0.05) is 66.7 Å². The number of aliphatic hydroxyl groups is 1. The molecule has 0 saturated carbocycles. The Morgan fingerprint density at radius 1 is 0.769 bits per heavy atom. The van der Waals surface area contributed by atoms with Gasteiger partial charge in [-0.3, -0.25) is 4.79 Å². The summed E-state index contributed by atoms with van der Waals surface area (Å²) >= 11 is 0. The van der Waals surface area contributed by atoms with Crippen molar-refractivity contribution in [2.45, 2.75) is 56.7 Å². The van der Waals surface area contributed by atoms with Crippen molar-refractivity contribution < 1.29 is 50.8 Å². The molecule has 4 aromatic rings. The summed E-state index contributed by atoms with van der Waals surface area (Å²) in [5.41, 5.74) is 3.18. The highest BCUT2D eigenvalue weighted by Crippen LogP contribution is 2.39. The van der Waals surface area contributed by atoms with E-state index in [1.165, 1.54) is 0 Å². The first kappa shape index (κ1) is 36.1. The Balaban J connectivity index is 1.04. The molecular weight excluding hydrogens is 687 g/mol. The molecule has 3 fully saturated rings. The summed E-state index contributed by atoms with van der Waals surface area (Å²) in [4.78, 5) is 14.8. The maximum atomic E-state index is 14.1. The molecule has 0 aromatic heterocycles. The number of aliphatic hydroxyl groups excluding tert-OH is 1. The van der Waals surface area contributed by atoms with Crippen molar-refractivity contribution >= 4 is 5.91 Å². The third kappa shape index (κ3) is 7.61. The van der Waals surface area contributed by atoms with E-state index in [1.54, 1.807) is 18.2 Å². The van der Waals surface area contributed by atoms with Crippen LogP contribution in [0.15, 0.2) is 72.8 Å². The second-order valence-corrected chi connectivity index (χ2v) is 13.2. The Bertz CT molecular complexity index is 1870.